The Morgan fingerprint density at radius 3 is 2.87 bits per heavy atom. The molecule has 1 aromatic heterocycles. The Balaban J connectivity index is 2.52. The maximum absolute atomic E-state index is 10.8. The van der Waals surface area contributed by atoms with Gasteiger partial charge in [-0.3, -0.25) is 5.10 Å². The maximum atomic E-state index is 10.8. The number of nitrogens with one attached hydrogen (secondary N) is 1. The van der Waals surface area contributed by atoms with E-state index in [0.29, 0.717) is 11.4 Å². The number of carboxylic acid groups (broad SMARTS) is 1. The number of carboxylic acids is 1. The lowest BCUT2D eigenvalue weighted by molar-refractivity contribution is 0.0697. The minimum Gasteiger partial charge on any atom is -0.478 e. The first-order chi connectivity index (χ1) is 7.18. The van der Waals surface area contributed by atoms with Crippen LogP contribution in [0, 0.1) is 0 Å². The summed E-state index contributed by atoms with van der Waals surface area (Å²) in [6.07, 6.45) is 1.35. The van der Waals surface area contributed by atoms with Crippen LogP contribution in [-0.4, -0.2) is 26.3 Å². The molecule has 2 rings (SSSR count). The van der Waals surface area contributed by atoms with Crippen molar-refractivity contribution in [1.29, 1.82) is 0 Å². The Morgan fingerprint density at radius 2 is 2.27 bits per heavy atom. The number of rotatable bonds is 2. The van der Waals surface area contributed by atoms with Crippen molar-refractivity contribution < 1.29 is 9.90 Å². The fourth-order valence-electron chi connectivity index (χ4n) is 1.18. The zero-order chi connectivity index (χ0) is 10.8. The molecule has 0 radical (unpaired) electrons. The molecule has 15 heavy (non-hydrogen) atoms. The van der Waals surface area contributed by atoms with Crippen molar-refractivity contribution in [3.63, 3.8) is 0 Å². The largest absolute Gasteiger partial charge is 0.478 e. The van der Waals surface area contributed by atoms with E-state index in [9.17, 15) is 4.79 Å². The van der Waals surface area contributed by atoms with Gasteiger partial charge in [0, 0.05) is 5.56 Å². The molecular formula is C9H6ClN3O2. The van der Waals surface area contributed by atoms with Crippen LogP contribution in [0.2, 0.25) is 5.02 Å². The van der Waals surface area contributed by atoms with E-state index in [1.54, 1.807) is 6.07 Å². The lowest BCUT2D eigenvalue weighted by atomic mass is 10.1. The summed E-state index contributed by atoms with van der Waals surface area (Å²) in [5.74, 6) is -0.560. The predicted octanol–water partition coefficient (Wildman–Crippen LogP) is 1.82. The second kappa shape index (κ2) is 3.70. The molecule has 0 aliphatic rings. The Hall–Kier alpha value is -1.88. The smallest absolute Gasteiger partial charge is 0.337 e. The topological polar surface area (TPSA) is 78.9 Å². The third kappa shape index (κ3) is 1.82. The van der Waals surface area contributed by atoms with E-state index < -0.39 is 5.97 Å². The van der Waals surface area contributed by atoms with E-state index in [4.69, 9.17) is 16.7 Å². The van der Waals surface area contributed by atoms with Crippen LogP contribution in [0.3, 0.4) is 0 Å². The SMILES string of the molecule is O=C(O)c1cc(-c2ncn[nH]2)ccc1Cl. The minimum atomic E-state index is -1.07. The summed E-state index contributed by atoms with van der Waals surface area (Å²) in [5, 5.41) is 15.4. The molecule has 0 saturated heterocycles. The number of aromatic carboxylic acids is 1. The molecule has 1 heterocycles. The Morgan fingerprint density at radius 1 is 1.47 bits per heavy atom. The number of halogens is 1. The van der Waals surface area contributed by atoms with Crippen LogP contribution in [0.4, 0.5) is 0 Å². The average Bonchev–Trinajstić information content (AvgIpc) is 2.71. The van der Waals surface area contributed by atoms with Crippen molar-refractivity contribution in [2.45, 2.75) is 0 Å². The highest BCUT2D eigenvalue weighted by Gasteiger charge is 2.11. The van der Waals surface area contributed by atoms with Crippen molar-refractivity contribution in [3.05, 3.63) is 35.1 Å². The highest BCUT2D eigenvalue weighted by Crippen LogP contribution is 2.22. The van der Waals surface area contributed by atoms with Crippen LogP contribution in [0.25, 0.3) is 11.4 Å². The molecule has 0 bridgehead atoms. The summed E-state index contributed by atoms with van der Waals surface area (Å²) in [6.45, 7) is 0. The lowest BCUT2D eigenvalue weighted by Crippen LogP contribution is -1.97. The number of H-pyrrole nitrogens is 1. The number of carbonyl (C=O) groups is 1. The van der Waals surface area contributed by atoms with Crippen LogP contribution in [0.15, 0.2) is 24.5 Å². The van der Waals surface area contributed by atoms with Crippen molar-refractivity contribution in [3.8, 4) is 11.4 Å². The molecule has 0 unspecified atom stereocenters. The predicted molar refractivity (Wildman–Crippen MR) is 53.8 cm³/mol. The van der Waals surface area contributed by atoms with Gasteiger partial charge in [-0.15, -0.1) is 0 Å². The number of benzene rings is 1. The van der Waals surface area contributed by atoms with Gasteiger partial charge in [-0.2, -0.15) is 5.10 Å². The zero-order valence-corrected chi connectivity index (χ0v) is 8.19. The molecule has 0 aliphatic carbocycles. The van der Waals surface area contributed by atoms with Gasteiger partial charge < -0.3 is 5.11 Å². The molecule has 0 saturated carbocycles. The average molecular weight is 224 g/mol. The van der Waals surface area contributed by atoms with Crippen LogP contribution in [0.1, 0.15) is 10.4 Å². The fourth-order valence-corrected chi connectivity index (χ4v) is 1.38. The number of aromatic nitrogens is 3. The standard InChI is InChI=1S/C9H6ClN3O2/c10-7-2-1-5(3-6(7)9(14)15)8-11-4-12-13-8/h1-4H,(H,14,15)(H,11,12,13). The maximum Gasteiger partial charge on any atom is 0.337 e. The molecule has 5 nitrogen and oxygen atoms in total. The summed E-state index contributed by atoms with van der Waals surface area (Å²) in [4.78, 5) is 14.7. The van der Waals surface area contributed by atoms with Crippen molar-refractivity contribution in [1.82, 2.24) is 15.2 Å². The van der Waals surface area contributed by atoms with E-state index in [1.165, 1.54) is 18.5 Å². The van der Waals surface area contributed by atoms with Gasteiger partial charge in [0.1, 0.15) is 6.33 Å². The summed E-state index contributed by atoms with van der Waals surface area (Å²) in [5.41, 5.74) is 0.680. The summed E-state index contributed by atoms with van der Waals surface area (Å²) in [6, 6.07) is 4.64. The van der Waals surface area contributed by atoms with Gasteiger partial charge in [0.15, 0.2) is 5.82 Å². The normalized spacial score (nSPS) is 10.2. The van der Waals surface area contributed by atoms with Gasteiger partial charge in [-0.1, -0.05) is 11.6 Å². The van der Waals surface area contributed by atoms with Gasteiger partial charge in [-0.25, -0.2) is 9.78 Å². The van der Waals surface area contributed by atoms with E-state index >= 15 is 0 Å². The number of aromatic amines is 1. The highest BCUT2D eigenvalue weighted by molar-refractivity contribution is 6.33. The summed E-state index contributed by atoms with van der Waals surface area (Å²) in [7, 11) is 0. The Labute approximate surface area is 89.7 Å². The van der Waals surface area contributed by atoms with Gasteiger partial charge in [0.25, 0.3) is 0 Å². The molecular weight excluding hydrogens is 218 g/mol. The highest BCUT2D eigenvalue weighted by atomic mass is 35.5. The second-order valence-electron chi connectivity index (χ2n) is 2.83. The second-order valence-corrected chi connectivity index (χ2v) is 3.24. The first-order valence-corrected chi connectivity index (χ1v) is 4.45. The Bertz CT molecular complexity index is 496. The molecule has 76 valence electrons. The fraction of sp³-hybridized carbons (Fsp3) is 0. The van der Waals surface area contributed by atoms with Crippen LogP contribution >= 0.6 is 11.6 Å². The van der Waals surface area contributed by atoms with Gasteiger partial charge >= 0.3 is 5.97 Å². The summed E-state index contributed by atoms with van der Waals surface area (Å²) < 4.78 is 0. The molecule has 6 heteroatoms. The quantitative estimate of drug-likeness (QED) is 0.814. The van der Waals surface area contributed by atoms with Gasteiger partial charge in [0.2, 0.25) is 0 Å². The molecule has 1 aromatic carbocycles. The monoisotopic (exact) mass is 223 g/mol. The third-order valence-corrected chi connectivity index (χ3v) is 2.21. The van der Waals surface area contributed by atoms with Crippen molar-refractivity contribution in [2.24, 2.45) is 0 Å². The van der Waals surface area contributed by atoms with E-state index in [0.717, 1.165) is 0 Å². The van der Waals surface area contributed by atoms with E-state index in [1.807, 2.05) is 0 Å². The van der Waals surface area contributed by atoms with Gasteiger partial charge in [0.05, 0.1) is 10.6 Å². The summed E-state index contributed by atoms with van der Waals surface area (Å²) >= 11 is 5.73. The number of nitrogens with zero attached hydrogens (tertiary/aromatic N) is 2. The van der Waals surface area contributed by atoms with E-state index in [-0.39, 0.29) is 10.6 Å². The zero-order valence-electron chi connectivity index (χ0n) is 7.44. The molecule has 2 N–H and O–H groups in total. The van der Waals surface area contributed by atoms with Crippen LogP contribution in [0.5, 0.6) is 0 Å². The van der Waals surface area contributed by atoms with Crippen molar-refractivity contribution in [2.75, 3.05) is 0 Å². The number of hydrogen-bond donors (Lipinski definition) is 2. The van der Waals surface area contributed by atoms with Gasteiger partial charge in [-0.05, 0) is 18.2 Å². The van der Waals surface area contributed by atoms with E-state index in [2.05, 4.69) is 15.2 Å². The van der Waals surface area contributed by atoms with Crippen molar-refractivity contribution >= 4 is 17.6 Å². The molecule has 0 fully saturated rings. The Kier molecular flexibility index (Phi) is 2.39. The molecule has 0 aliphatic heterocycles. The molecule has 0 spiro atoms. The minimum absolute atomic E-state index is 0.0468. The molecule has 0 amide bonds. The first-order valence-electron chi connectivity index (χ1n) is 4.07. The number of hydrogen-bond acceptors (Lipinski definition) is 3. The molecule has 0 atom stereocenters. The van der Waals surface area contributed by atoms with Crippen LogP contribution < -0.4 is 0 Å². The third-order valence-electron chi connectivity index (χ3n) is 1.89. The first kappa shape index (κ1) is 9.67. The van der Waals surface area contributed by atoms with Crippen LogP contribution in [-0.2, 0) is 0 Å². The lowest BCUT2D eigenvalue weighted by Gasteiger charge is -2.01. The molecule has 2 aromatic rings.